The number of nitrogens with zero attached hydrogens (tertiary/aromatic N) is 4. The maximum Gasteiger partial charge on any atom is 0.318 e. The van der Waals surface area contributed by atoms with Crippen molar-refractivity contribution in [2.45, 2.75) is 37.1 Å². The van der Waals surface area contributed by atoms with Gasteiger partial charge >= 0.3 is 6.03 Å². The highest BCUT2D eigenvalue weighted by Crippen LogP contribution is 2.35. The quantitative estimate of drug-likeness (QED) is 0.268. The molecule has 0 unspecified atom stereocenters. The Morgan fingerprint density at radius 1 is 1.02 bits per heavy atom. The molecule has 2 aliphatic heterocycles. The average molecular weight is 691 g/mol. The number of aromatic nitrogens is 1. The minimum absolute atomic E-state index is 0.159. The zero-order valence-corrected chi connectivity index (χ0v) is 29.4. The zero-order valence-electron chi connectivity index (χ0n) is 27.8. The zero-order chi connectivity index (χ0) is 34.2. The molecule has 0 aliphatic carbocycles. The van der Waals surface area contributed by atoms with Gasteiger partial charge in [-0.25, -0.2) is 13.2 Å². The van der Waals surface area contributed by atoms with Gasteiger partial charge in [0.1, 0.15) is 6.04 Å². The lowest BCUT2D eigenvalue weighted by atomic mass is 9.88. The summed E-state index contributed by atoms with van der Waals surface area (Å²) in [6.45, 7) is 5.90. The fraction of sp³-hybridized carbons (Fsp3) is 0.389. The highest BCUT2D eigenvalue weighted by Gasteiger charge is 2.39. The van der Waals surface area contributed by atoms with Gasteiger partial charge in [0.25, 0.3) is 0 Å². The largest absolute Gasteiger partial charge is 0.361 e. The molecule has 0 saturated carbocycles. The Balaban J connectivity index is 1.27. The minimum atomic E-state index is -3.69. The number of anilines is 1. The molecule has 4 aromatic rings. The third-order valence-corrected chi connectivity index (χ3v) is 11.7. The summed E-state index contributed by atoms with van der Waals surface area (Å²) < 4.78 is 28.0. The number of benzene rings is 3. The van der Waals surface area contributed by atoms with Crippen LogP contribution in [0.5, 0.6) is 0 Å². The van der Waals surface area contributed by atoms with Crippen LogP contribution in [0, 0.1) is 12.8 Å². The molecule has 1 fully saturated rings. The predicted molar refractivity (Wildman–Crippen MR) is 190 cm³/mol. The number of H-pyrrole nitrogens is 1. The molecule has 6 rings (SSSR count). The number of para-hydroxylation sites is 1. The number of carbonyl (C=O) groups excluding carboxylic acids is 2. The van der Waals surface area contributed by atoms with Crippen molar-refractivity contribution in [2.24, 2.45) is 5.92 Å². The van der Waals surface area contributed by atoms with Crippen molar-refractivity contribution in [3.63, 3.8) is 0 Å². The molecule has 3 heterocycles. The van der Waals surface area contributed by atoms with Gasteiger partial charge in [-0.1, -0.05) is 54.4 Å². The second-order valence-electron chi connectivity index (χ2n) is 13.3. The summed E-state index contributed by atoms with van der Waals surface area (Å²) in [6.07, 6.45) is 2.71. The lowest BCUT2D eigenvalue weighted by Crippen LogP contribution is -2.59. The number of piperazine rings is 1. The molecule has 1 saturated heterocycles. The number of rotatable bonds is 8. The number of carbonyl (C=O) groups is 2. The van der Waals surface area contributed by atoms with Crippen molar-refractivity contribution in [1.29, 1.82) is 0 Å². The van der Waals surface area contributed by atoms with Gasteiger partial charge in [-0.05, 0) is 80.9 Å². The number of urea groups is 1. The van der Waals surface area contributed by atoms with Crippen molar-refractivity contribution in [2.75, 3.05) is 58.3 Å². The van der Waals surface area contributed by atoms with Crippen molar-refractivity contribution >= 4 is 50.2 Å². The van der Waals surface area contributed by atoms with Crippen LogP contribution in [0.4, 0.5) is 10.5 Å². The number of fused-ring (bicyclic) bond motifs is 2. The standard InChI is InChI=1S/C36H43ClN6O4S/c1-24-9-12-29(13-10-24)48(46,47)42-17-15-41(16-18-42)36(45)39-34(25(2)31-21-38-32-8-6-5-7-30(31)32)35(44)43-23-26(22-40(3)4)19-27-20-28(37)11-14-33(27)43/h5-14,20-21,25-26,34,38H,15-19,22-23H2,1-4H3,(H,39,45)/t25-,26+,34+/m0/s1. The maximum atomic E-state index is 14.8. The van der Waals surface area contributed by atoms with Gasteiger partial charge in [-0.2, -0.15) is 4.31 Å². The van der Waals surface area contributed by atoms with Gasteiger partial charge < -0.3 is 25.0 Å². The van der Waals surface area contributed by atoms with E-state index >= 15 is 0 Å². The number of aromatic amines is 1. The fourth-order valence-electron chi connectivity index (χ4n) is 6.99. The summed E-state index contributed by atoms with van der Waals surface area (Å²) in [5.74, 6) is -0.405. The Kier molecular flexibility index (Phi) is 9.85. The molecule has 48 heavy (non-hydrogen) atoms. The van der Waals surface area contributed by atoms with E-state index in [1.165, 1.54) is 4.31 Å². The van der Waals surface area contributed by atoms with E-state index in [1.54, 1.807) is 35.2 Å². The summed E-state index contributed by atoms with van der Waals surface area (Å²) >= 11 is 6.41. The van der Waals surface area contributed by atoms with Crippen LogP contribution >= 0.6 is 11.6 Å². The monoisotopic (exact) mass is 690 g/mol. The maximum absolute atomic E-state index is 14.8. The SMILES string of the molecule is Cc1ccc(S(=O)(=O)N2CCN(C(=O)N[C@@H](C(=O)N3C[C@@H](CN(C)C)Cc4cc(Cl)ccc43)[C@@H](C)c3c[nH]c4ccccc34)CC2)cc1. The van der Waals surface area contributed by atoms with E-state index in [9.17, 15) is 18.0 Å². The van der Waals surface area contributed by atoms with Crippen LogP contribution in [-0.4, -0.2) is 98.9 Å². The minimum Gasteiger partial charge on any atom is -0.361 e. The Hall–Kier alpha value is -3.90. The van der Waals surface area contributed by atoms with E-state index in [0.717, 1.165) is 46.2 Å². The van der Waals surface area contributed by atoms with Gasteiger partial charge in [0.15, 0.2) is 0 Å². The number of hydrogen-bond acceptors (Lipinski definition) is 5. The van der Waals surface area contributed by atoms with Crippen LogP contribution in [0.15, 0.2) is 77.8 Å². The molecule has 3 amide bonds. The molecular weight excluding hydrogens is 648 g/mol. The Bertz CT molecular complexity index is 1900. The smallest absolute Gasteiger partial charge is 0.318 e. The van der Waals surface area contributed by atoms with Crippen LogP contribution < -0.4 is 10.2 Å². The summed E-state index contributed by atoms with van der Waals surface area (Å²) in [5.41, 5.74) is 4.67. The topological polar surface area (TPSA) is 109 Å². The first-order chi connectivity index (χ1) is 22.9. The van der Waals surface area contributed by atoms with Crippen molar-refractivity contribution < 1.29 is 18.0 Å². The number of amides is 3. The number of aryl methyl sites for hydroxylation is 1. The first-order valence-corrected chi connectivity index (χ1v) is 18.2. The summed E-state index contributed by atoms with van der Waals surface area (Å²) in [6, 6.07) is 19.0. The fourth-order valence-corrected chi connectivity index (χ4v) is 8.61. The molecular formula is C36H43ClN6O4S. The average Bonchev–Trinajstić information content (AvgIpc) is 3.50. The Morgan fingerprint density at radius 2 is 1.73 bits per heavy atom. The van der Waals surface area contributed by atoms with Crippen molar-refractivity contribution in [3.8, 4) is 0 Å². The van der Waals surface area contributed by atoms with Crippen LogP contribution in [0.3, 0.4) is 0 Å². The number of hydrogen-bond donors (Lipinski definition) is 2. The van der Waals surface area contributed by atoms with E-state index in [2.05, 4.69) is 15.2 Å². The molecule has 0 radical (unpaired) electrons. The van der Waals surface area contributed by atoms with Crippen LogP contribution in [0.2, 0.25) is 5.02 Å². The molecule has 1 aromatic heterocycles. The number of halogens is 1. The molecule has 2 N–H and O–H groups in total. The van der Waals surface area contributed by atoms with E-state index < -0.39 is 22.1 Å². The second kappa shape index (κ2) is 13.9. The van der Waals surface area contributed by atoms with Gasteiger partial charge in [-0.15, -0.1) is 0 Å². The normalized spacial score (nSPS) is 18.5. The molecule has 12 heteroatoms. The van der Waals surface area contributed by atoms with Gasteiger partial charge in [0, 0.05) is 73.0 Å². The molecule has 2 aliphatic rings. The van der Waals surface area contributed by atoms with E-state index in [1.807, 2.05) is 75.4 Å². The van der Waals surface area contributed by atoms with Gasteiger partial charge in [0.05, 0.1) is 4.90 Å². The first kappa shape index (κ1) is 34.0. The van der Waals surface area contributed by atoms with Gasteiger partial charge in [-0.3, -0.25) is 4.79 Å². The molecule has 0 bridgehead atoms. The summed E-state index contributed by atoms with van der Waals surface area (Å²) in [7, 11) is 0.352. The molecule has 3 aromatic carbocycles. The summed E-state index contributed by atoms with van der Waals surface area (Å²) in [4.78, 5) is 37.8. The third-order valence-electron chi connectivity index (χ3n) is 9.51. The van der Waals surface area contributed by atoms with Crippen molar-refractivity contribution in [1.82, 2.24) is 24.4 Å². The van der Waals surface area contributed by atoms with Crippen LogP contribution in [-0.2, 0) is 21.2 Å². The molecule has 10 nitrogen and oxygen atoms in total. The van der Waals surface area contributed by atoms with Crippen LogP contribution in [0.1, 0.15) is 29.5 Å². The molecule has 254 valence electrons. The predicted octanol–water partition coefficient (Wildman–Crippen LogP) is 5.09. The Labute approximate surface area is 287 Å². The number of nitrogens with one attached hydrogen (secondary N) is 2. The molecule has 0 spiro atoms. The lowest BCUT2D eigenvalue weighted by Gasteiger charge is -2.39. The third kappa shape index (κ3) is 6.96. The summed E-state index contributed by atoms with van der Waals surface area (Å²) in [5, 5.41) is 4.71. The lowest BCUT2D eigenvalue weighted by molar-refractivity contribution is -0.121. The van der Waals surface area contributed by atoms with E-state index in [4.69, 9.17) is 11.6 Å². The first-order valence-electron chi connectivity index (χ1n) is 16.3. The van der Waals surface area contributed by atoms with Crippen LogP contribution in [0.25, 0.3) is 10.9 Å². The van der Waals surface area contributed by atoms with Gasteiger partial charge in [0.2, 0.25) is 15.9 Å². The highest BCUT2D eigenvalue weighted by atomic mass is 35.5. The van der Waals surface area contributed by atoms with Crippen molar-refractivity contribution in [3.05, 3.63) is 94.6 Å². The Morgan fingerprint density at radius 3 is 2.44 bits per heavy atom. The molecule has 3 atom stereocenters. The van der Waals surface area contributed by atoms with E-state index in [0.29, 0.717) is 11.6 Å². The highest BCUT2D eigenvalue weighted by molar-refractivity contribution is 7.89. The number of sulfonamides is 1. The van der Waals surface area contributed by atoms with E-state index in [-0.39, 0.29) is 48.8 Å². The second-order valence-corrected chi connectivity index (χ2v) is 15.6.